The van der Waals surface area contributed by atoms with E-state index in [9.17, 15) is 8.42 Å². The first-order valence-corrected chi connectivity index (χ1v) is 6.61. The molecule has 5 heteroatoms. The summed E-state index contributed by atoms with van der Waals surface area (Å²) in [6.07, 6.45) is 0.517. The minimum absolute atomic E-state index is 0.517. The van der Waals surface area contributed by atoms with Gasteiger partial charge in [0.15, 0.2) is 0 Å². The molecule has 0 aromatic heterocycles. The van der Waals surface area contributed by atoms with Crippen LogP contribution in [0.15, 0.2) is 24.3 Å². The molecule has 0 spiro atoms. The van der Waals surface area contributed by atoms with E-state index in [0.29, 0.717) is 11.4 Å². The number of benzene rings is 1. The molecule has 1 rings (SSSR count). The smallest absolute Gasteiger partial charge is 0.218 e. The van der Waals surface area contributed by atoms with Crippen molar-refractivity contribution in [3.05, 3.63) is 34.9 Å². The Hall–Kier alpha value is -0.580. The summed E-state index contributed by atoms with van der Waals surface area (Å²) in [4.78, 5) is 0. The molecule has 0 aliphatic carbocycles. The van der Waals surface area contributed by atoms with Crippen molar-refractivity contribution in [2.45, 2.75) is 18.6 Å². The lowest BCUT2D eigenvalue weighted by atomic mass is 10.1. The van der Waals surface area contributed by atoms with Crippen molar-refractivity contribution >= 4 is 21.6 Å². The van der Waals surface area contributed by atoms with Crippen molar-refractivity contribution in [2.75, 3.05) is 7.05 Å². The van der Waals surface area contributed by atoms with E-state index in [4.69, 9.17) is 11.6 Å². The molecular formula is C10H14ClNO2S. The highest BCUT2D eigenvalue weighted by atomic mass is 35.5. The lowest BCUT2D eigenvalue weighted by molar-refractivity contribution is 0.571. The average Bonchev–Trinajstić information content (AvgIpc) is 2.18. The molecule has 15 heavy (non-hydrogen) atoms. The van der Waals surface area contributed by atoms with E-state index >= 15 is 0 Å². The van der Waals surface area contributed by atoms with E-state index < -0.39 is 15.3 Å². The predicted octanol–water partition coefficient (Wildman–Crippen LogP) is 2.34. The molecule has 3 nitrogen and oxygen atoms in total. The molecule has 84 valence electrons. The van der Waals surface area contributed by atoms with Gasteiger partial charge in [-0.3, -0.25) is 0 Å². The second kappa shape index (κ2) is 4.96. The summed E-state index contributed by atoms with van der Waals surface area (Å²) in [5, 5.41) is 0.0125. The maximum atomic E-state index is 11.7. The van der Waals surface area contributed by atoms with Gasteiger partial charge in [-0.05, 0) is 31.2 Å². The summed E-state index contributed by atoms with van der Waals surface area (Å²) in [6.45, 7) is 1.83. The molecule has 0 bridgehead atoms. The summed E-state index contributed by atoms with van der Waals surface area (Å²) in [5.74, 6) is 0. The van der Waals surface area contributed by atoms with Crippen LogP contribution in [0.2, 0.25) is 5.02 Å². The van der Waals surface area contributed by atoms with Crippen molar-refractivity contribution in [1.29, 1.82) is 0 Å². The Balaban J connectivity index is 3.14. The quantitative estimate of drug-likeness (QED) is 0.888. The van der Waals surface area contributed by atoms with E-state index in [1.165, 1.54) is 7.05 Å². The van der Waals surface area contributed by atoms with E-state index in [2.05, 4.69) is 4.72 Å². The van der Waals surface area contributed by atoms with Crippen LogP contribution in [0.5, 0.6) is 0 Å². The lowest BCUT2D eigenvalue weighted by Gasteiger charge is -2.15. The van der Waals surface area contributed by atoms with Crippen LogP contribution in [0.4, 0.5) is 0 Å². The van der Waals surface area contributed by atoms with Gasteiger partial charge in [-0.1, -0.05) is 30.7 Å². The Morgan fingerprint density at radius 1 is 1.47 bits per heavy atom. The molecule has 1 atom stereocenters. The van der Waals surface area contributed by atoms with Crippen molar-refractivity contribution in [3.63, 3.8) is 0 Å². The molecule has 0 fully saturated rings. The molecule has 0 saturated heterocycles. The summed E-state index contributed by atoms with van der Waals surface area (Å²) >= 11 is 5.82. The minimum Gasteiger partial charge on any atom is -0.218 e. The van der Waals surface area contributed by atoms with Crippen LogP contribution >= 0.6 is 11.6 Å². The summed E-state index contributed by atoms with van der Waals surface area (Å²) in [6, 6.07) is 6.94. The van der Waals surface area contributed by atoms with Crippen LogP contribution in [0.3, 0.4) is 0 Å². The molecule has 0 saturated carbocycles. The van der Waals surface area contributed by atoms with Crippen molar-refractivity contribution in [2.24, 2.45) is 0 Å². The zero-order valence-electron chi connectivity index (χ0n) is 8.70. The first-order valence-electron chi connectivity index (χ1n) is 4.69. The first-order chi connectivity index (χ1) is 7.01. The first kappa shape index (κ1) is 12.5. The molecule has 1 unspecified atom stereocenters. The molecule has 1 aromatic carbocycles. The van der Waals surface area contributed by atoms with Gasteiger partial charge in [-0.25, -0.2) is 13.1 Å². The van der Waals surface area contributed by atoms with Gasteiger partial charge in [-0.2, -0.15) is 0 Å². The van der Waals surface area contributed by atoms with E-state index in [1.807, 2.05) is 6.92 Å². The van der Waals surface area contributed by atoms with Crippen LogP contribution in [-0.4, -0.2) is 15.5 Å². The second-order valence-corrected chi connectivity index (χ2v) is 5.70. The summed E-state index contributed by atoms with van der Waals surface area (Å²) in [7, 11) is -1.87. The number of hydrogen-bond acceptors (Lipinski definition) is 2. The van der Waals surface area contributed by atoms with Crippen LogP contribution in [-0.2, 0) is 10.0 Å². The summed E-state index contributed by atoms with van der Waals surface area (Å²) < 4.78 is 25.7. The van der Waals surface area contributed by atoms with Gasteiger partial charge in [0.05, 0.1) is 0 Å². The predicted molar refractivity (Wildman–Crippen MR) is 62.5 cm³/mol. The Morgan fingerprint density at radius 3 is 2.60 bits per heavy atom. The van der Waals surface area contributed by atoms with Gasteiger partial charge in [0.25, 0.3) is 0 Å². The standard InChI is InChI=1S/C10H14ClNO2S/c1-3-10(15(13,14)12-2)8-5-4-6-9(11)7-8/h4-7,10,12H,3H2,1-2H3. The summed E-state index contributed by atoms with van der Waals surface area (Å²) in [5.41, 5.74) is 0.722. The van der Waals surface area contributed by atoms with Gasteiger partial charge in [0.1, 0.15) is 5.25 Å². The van der Waals surface area contributed by atoms with Gasteiger partial charge >= 0.3 is 0 Å². The number of sulfonamides is 1. The van der Waals surface area contributed by atoms with Gasteiger partial charge < -0.3 is 0 Å². The molecule has 0 aliphatic heterocycles. The largest absolute Gasteiger partial charge is 0.218 e. The van der Waals surface area contributed by atoms with E-state index in [0.717, 1.165) is 5.56 Å². The third-order valence-electron chi connectivity index (χ3n) is 2.25. The molecule has 0 heterocycles. The van der Waals surface area contributed by atoms with Crippen LogP contribution in [0.25, 0.3) is 0 Å². The van der Waals surface area contributed by atoms with Crippen molar-refractivity contribution < 1.29 is 8.42 Å². The van der Waals surface area contributed by atoms with E-state index in [1.54, 1.807) is 24.3 Å². The molecule has 1 N–H and O–H groups in total. The Bertz CT molecular complexity index is 431. The van der Waals surface area contributed by atoms with Crippen LogP contribution in [0, 0.1) is 0 Å². The monoisotopic (exact) mass is 247 g/mol. The molecule has 0 aliphatic rings. The van der Waals surface area contributed by atoms with Crippen molar-refractivity contribution in [1.82, 2.24) is 4.72 Å². The van der Waals surface area contributed by atoms with Gasteiger partial charge in [-0.15, -0.1) is 0 Å². The Kier molecular flexibility index (Phi) is 4.13. The number of halogens is 1. The molecule has 0 amide bonds. The fourth-order valence-corrected chi connectivity index (χ4v) is 2.91. The Labute approximate surface area is 95.5 Å². The number of rotatable bonds is 4. The highest BCUT2D eigenvalue weighted by Crippen LogP contribution is 2.26. The van der Waals surface area contributed by atoms with Crippen LogP contribution < -0.4 is 4.72 Å². The van der Waals surface area contributed by atoms with Crippen molar-refractivity contribution in [3.8, 4) is 0 Å². The molecule has 0 radical (unpaired) electrons. The average molecular weight is 248 g/mol. The fraction of sp³-hybridized carbons (Fsp3) is 0.400. The van der Waals surface area contributed by atoms with Crippen LogP contribution in [0.1, 0.15) is 24.2 Å². The topological polar surface area (TPSA) is 46.2 Å². The van der Waals surface area contributed by atoms with Gasteiger partial charge in [0, 0.05) is 5.02 Å². The fourth-order valence-electron chi connectivity index (χ4n) is 1.48. The Morgan fingerprint density at radius 2 is 2.13 bits per heavy atom. The highest BCUT2D eigenvalue weighted by Gasteiger charge is 2.23. The van der Waals surface area contributed by atoms with Gasteiger partial charge in [0.2, 0.25) is 10.0 Å². The third kappa shape index (κ3) is 2.93. The molecule has 1 aromatic rings. The third-order valence-corrected chi connectivity index (χ3v) is 4.41. The number of hydrogen-bond donors (Lipinski definition) is 1. The lowest BCUT2D eigenvalue weighted by Crippen LogP contribution is -2.25. The zero-order valence-corrected chi connectivity index (χ0v) is 10.3. The maximum absolute atomic E-state index is 11.7. The number of nitrogens with one attached hydrogen (secondary N) is 1. The normalized spacial score (nSPS) is 13.8. The zero-order chi connectivity index (χ0) is 11.5. The van der Waals surface area contributed by atoms with E-state index in [-0.39, 0.29) is 0 Å². The minimum atomic E-state index is -3.29. The SMILES string of the molecule is CCC(c1cccc(Cl)c1)S(=O)(=O)NC. The second-order valence-electron chi connectivity index (χ2n) is 3.20. The molecular weight excluding hydrogens is 234 g/mol. The maximum Gasteiger partial charge on any atom is 0.218 e. The highest BCUT2D eigenvalue weighted by molar-refractivity contribution is 7.89.